The van der Waals surface area contributed by atoms with Crippen LogP contribution in [0.3, 0.4) is 0 Å². The molecule has 6 heteroatoms. The minimum atomic E-state index is -0.896. The molecule has 1 aromatic carbocycles. The normalized spacial score (nSPS) is 20.9. The third kappa shape index (κ3) is 6.59. The minimum Gasteiger partial charge on any atom is -0.481 e. The number of rotatable bonds is 11. The number of carbonyl (C=O) groups excluding carboxylic acids is 1. The second-order valence-corrected chi connectivity index (χ2v) is 12.1. The first-order valence-corrected chi connectivity index (χ1v) is 13.0. The zero-order valence-corrected chi connectivity index (χ0v) is 21.4. The number of Topliss-reactive ketones (excluding diaryl/α,β-unsaturated/α-hetero) is 1. The number of aromatic nitrogens is 1. The fraction of sp³-hybridized carbons (Fsp3) is 0.621. The number of hydrogen-bond donors (Lipinski definition) is 1. The Morgan fingerprint density at radius 2 is 1.91 bits per heavy atom. The Bertz CT molecular complexity index is 1070. The topological polar surface area (TPSA) is 80.4 Å². The average molecular weight is 484 g/mol. The lowest BCUT2D eigenvalue weighted by Gasteiger charge is -2.38. The Kier molecular flexibility index (Phi) is 7.48. The Morgan fingerprint density at radius 3 is 2.51 bits per heavy atom. The van der Waals surface area contributed by atoms with Crippen molar-refractivity contribution in [3.8, 4) is 0 Å². The molecule has 0 amide bonds. The van der Waals surface area contributed by atoms with Crippen molar-refractivity contribution < 1.29 is 23.6 Å². The highest BCUT2D eigenvalue weighted by Crippen LogP contribution is 2.53. The van der Waals surface area contributed by atoms with Gasteiger partial charge in [0.2, 0.25) is 0 Å². The number of carboxylic acid groups (broad SMARTS) is 1. The second-order valence-electron chi connectivity index (χ2n) is 12.1. The van der Waals surface area contributed by atoms with E-state index >= 15 is 0 Å². The second kappa shape index (κ2) is 10.2. The van der Waals surface area contributed by atoms with Crippen molar-refractivity contribution in [2.24, 2.45) is 11.3 Å². The van der Waals surface area contributed by atoms with Crippen molar-refractivity contribution in [1.82, 2.24) is 5.16 Å². The molecule has 0 saturated heterocycles. The molecule has 0 radical (unpaired) electrons. The zero-order chi connectivity index (χ0) is 25.3. The summed E-state index contributed by atoms with van der Waals surface area (Å²) in [6.07, 6.45) is 5.95. The third-order valence-electron chi connectivity index (χ3n) is 7.44. The van der Waals surface area contributed by atoms with Crippen LogP contribution in [-0.4, -0.2) is 22.0 Å². The largest absolute Gasteiger partial charge is 0.481 e. The summed E-state index contributed by atoms with van der Waals surface area (Å²) >= 11 is 0. The Morgan fingerprint density at radius 1 is 1.20 bits per heavy atom. The van der Waals surface area contributed by atoms with Crippen molar-refractivity contribution in [1.29, 1.82) is 0 Å². The molecule has 0 spiro atoms. The summed E-state index contributed by atoms with van der Waals surface area (Å²) in [5.74, 6) is 0.695. The van der Waals surface area contributed by atoms with Crippen LogP contribution in [0.2, 0.25) is 0 Å². The summed E-state index contributed by atoms with van der Waals surface area (Å²) in [5, 5.41) is 13.8. The van der Waals surface area contributed by atoms with Crippen LogP contribution in [0.15, 0.2) is 22.7 Å². The number of nitrogens with zero attached hydrogens (tertiary/aromatic N) is 1. The number of aryl methyl sites for hydroxylation is 1. The van der Waals surface area contributed by atoms with E-state index in [2.05, 4.69) is 25.9 Å². The molecule has 1 aromatic heterocycles. The van der Waals surface area contributed by atoms with E-state index in [1.165, 1.54) is 12.5 Å². The van der Waals surface area contributed by atoms with Crippen LogP contribution in [0.1, 0.15) is 118 Å². The lowest BCUT2D eigenvalue weighted by Crippen LogP contribution is -2.26. The van der Waals surface area contributed by atoms with Crippen LogP contribution in [0.4, 0.5) is 4.39 Å². The highest BCUT2D eigenvalue weighted by Gasteiger charge is 2.42. The van der Waals surface area contributed by atoms with E-state index in [-0.39, 0.29) is 36.8 Å². The molecule has 2 saturated carbocycles. The lowest BCUT2D eigenvalue weighted by molar-refractivity contribution is -0.137. The molecule has 1 atom stereocenters. The predicted molar refractivity (Wildman–Crippen MR) is 132 cm³/mol. The van der Waals surface area contributed by atoms with E-state index in [0.29, 0.717) is 35.2 Å². The standard InChI is InChI=1S/C29H38FNO4/c1-17-5-6-20(24(30)11-17)14-23(32)15-21(9-10-25(33)34)27-26(19-7-8-19)28(35-31-27)22-12-18(13-22)16-29(2,3)4/h5-6,11,18-19,21-22H,7-10,12-16H2,1-4H3,(H,33,34)/t18?,21-,22?/m0/s1. The maximum absolute atomic E-state index is 14.3. The Labute approximate surface area is 207 Å². The molecule has 0 bridgehead atoms. The molecule has 4 rings (SSSR count). The van der Waals surface area contributed by atoms with Gasteiger partial charge in [0.25, 0.3) is 0 Å². The minimum absolute atomic E-state index is 0.00371. The summed E-state index contributed by atoms with van der Waals surface area (Å²) in [6.45, 7) is 8.63. The smallest absolute Gasteiger partial charge is 0.303 e. The molecule has 0 unspecified atom stereocenters. The summed E-state index contributed by atoms with van der Waals surface area (Å²) in [7, 11) is 0. The third-order valence-corrected chi connectivity index (χ3v) is 7.44. The van der Waals surface area contributed by atoms with Crippen molar-refractivity contribution >= 4 is 11.8 Å². The number of ketones is 1. The Balaban J connectivity index is 1.51. The molecule has 2 aliphatic carbocycles. The molecule has 1 heterocycles. The van der Waals surface area contributed by atoms with E-state index in [0.717, 1.165) is 48.3 Å². The molecule has 5 nitrogen and oxygen atoms in total. The van der Waals surface area contributed by atoms with Gasteiger partial charge in [0.15, 0.2) is 0 Å². The summed E-state index contributed by atoms with van der Waals surface area (Å²) in [4.78, 5) is 24.3. The molecule has 2 aromatic rings. The van der Waals surface area contributed by atoms with Crippen LogP contribution >= 0.6 is 0 Å². The SMILES string of the molecule is Cc1ccc(CC(=O)C[C@H](CCC(=O)O)c2noc(C3CC(CC(C)(C)C)C3)c2C2CC2)c(F)c1. The van der Waals surface area contributed by atoms with Crippen molar-refractivity contribution in [3.63, 3.8) is 0 Å². The van der Waals surface area contributed by atoms with Gasteiger partial charge in [-0.2, -0.15) is 0 Å². The first kappa shape index (κ1) is 25.6. The van der Waals surface area contributed by atoms with Gasteiger partial charge in [-0.15, -0.1) is 0 Å². The van der Waals surface area contributed by atoms with Gasteiger partial charge >= 0.3 is 5.97 Å². The van der Waals surface area contributed by atoms with Crippen LogP contribution < -0.4 is 0 Å². The van der Waals surface area contributed by atoms with Gasteiger partial charge in [0.05, 0.1) is 5.69 Å². The summed E-state index contributed by atoms with van der Waals surface area (Å²) in [5.41, 5.74) is 3.39. The van der Waals surface area contributed by atoms with Crippen LogP contribution in [0.5, 0.6) is 0 Å². The van der Waals surface area contributed by atoms with Gasteiger partial charge in [-0.1, -0.05) is 38.1 Å². The maximum atomic E-state index is 14.3. The molecule has 1 N–H and O–H groups in total. The molecule has 35 heavy (non-hydrogen) atoms. The summed E-state index contributed by atoms with van der Waals surface area (Å²) in [6, 6.07) is 4.89. The summed E-state index contributed by atoms with van der Waals surface area (Å²) < 4.78 is 20.2. The van der Waals surface area contributed by atoms with Gasteiger partial charge in [0, 0.05) is 36.7 Å². The van der Waals surface area contributed by atoms with Crippen molar-refractivity contribution in [2.45, 2.75) is 103 Å². The Hall–Kier alpha value is -2.50. The van der Waals surface area contributed by atoms with Crippen LogP contribution in [0, 0.1) is 24.1 Å². The quantitative estimate of drug-likeness (QED) is 0.369. The molecule has 2 fully saturated rings. The number of carboxylic acids is 1. The van der Waals surface area contributed by atoms with E-state index in [1.807, 2.05) is 6.92 Å². The van der Waals surface area contributed by atoms with Gasteiger partial charge in [0.1, 0.15) is 17.4 Å². The molecule has 190 valence electrons. The van der Waals surface area contributed by atoms with Gasteiger partial charge in [-0.3, -0.25) is 9.59 Å². The van der Waals surface area contributed by atoms with Gasteiger partial charge < -0.3 is 9.63 Å². The monoisotopic (exact) mass is 483 g/mol. The average Bonchev–Trinajstić information content (AvgIpc) is 3.47. The first-order chi connectivity index (χ1) is 16.5. The number of carbonyl (C=O) groups is 2. The zero-order valence-electron chi connectivity index (χ0n) is 21.4. The number of benzene rings is 1. The molecule has 0 aliphatic heterocycles. The van der Waals surface area contributed by atoms with E-state index < -0.39 is 5.97 Å². The molecular weight excluding hydrogens is 445 g/mol. The van der Waals surface area contributed by atoms with E-state index in [4.69, 9.17) is 4.52 Å². The highest BCUT2D eigenvalue weighted by atomic mass is 19.1. The molecule has 2 aliphatic rings. The predicted octanol–water partition coefficient (Wildman–Crippen LogP) is 7.08. The molecular formula is C29H38FNO4. The van der Waals surface area contributed by atoms with E-state index in [1.54, 1.807) is 12.1 Å². The van der Waals surface area contributed by atoms with Gasteiger partial charge in [-0.05, 0) is 79.9 Å². The van der Waals surface area contributed by atoms with Crippen molar-refractivity contribution in [3.05, 3.63) is 52.2 Å². The number of aliphatic carboxylic acids is 1. The van der Waals surface area contributed by atoms with Crippen LogP contribution in [0.25, 0.3) is 0 Å². The van der Waals surface area contributed by atoms with E-state index in [9.17, 15) is 19.1 Å². The highest BCUT2D eigenvalue weighted by molar-refractivity contribution is 5.82. The fourth-order valence-electron chi connectivity index (χ4n) is 5.66. The fourth-order valence-corrected chi connectivity index (χ4v) is 5.66. The van der Waals surface area contributed by atoms with Crippen LogP contribution in [-0.2, 0) is 16.0 Å². The lowest BCUT2D eigenvalue weighted by atomic mass is 9.66. The first-order valence-electron chi connectivity index (χ1n) is 13.0. The maximum Gasteiger partial charge on any atom is 0.303 e. The number of hydrogen-bond acceptors (Lipinski definition) is 4. The van der Waals surface area contributed by atoms with Gasteiger partial charge in [-0.25, -0.2) is 4.39 Å². The number of halogens is 1. The van der Waals surface area contributed by atoms with Crippen molar-refractivity contribution in [2.75, 3.05) is 0 Å².